The number of anilines is 1. The molecule has 0 spiro atoms. The number of nitrogens with one attached hydrogen (secondary N) is 1. The highest BCUT2D eigenvalue weighted by Gasteiger charge is 2.14. The van der Waals surface area contributed by atoms with Crippen molar-refractivity contribution < 1.29 is 0 Å². The lowest BCUT2D eigenvalue weighted by Crippen LogP contribution is -2.34. The summed E-state index contributed by atoms with van der Waals surface area (Å²) in [6.07, 6.45) is 8.16. The molecule has 1 fully saturated rings. The minimum Gasteiger partial charge on any atom is -0.355 e. The molecule has 3 rings (SSSR count). The van der Waals surface area contributed by atoms with E-state index in [2.05, 4.69) is 45.8 Å². The molecule has 0 atom stereocenters. The fourth-order valence-corrected chi connectivity index (χ4v) is 2.36. The van der Waals surface area contributed by atoms with Crippen LogP contribution in [0.15, 0.2) is 35.4 Å². The van der Waals surface area contributed by atoms with E-state index in [1.54, 1.807) is 0 Å². The Hall–Kier alpha value is -1.77. The van der Waals surface area contributed by atoms with Gasteiger partial charge in [-0.2, -0.15) is 5.10 Å². The van der Waals surface area contributed by atoms with Gasteiger partial charge in [-0.3, -0.25) is 5.43 Å². The molecule has 0 amide bonds. The van der Waals surface area contributed by atoms with E-state index in [4.69, 9.17) is 0 Å². The second-order valence-electron chi connectivity index (χ2n) is 4.55. The van der Waals surface area contributed by atoms with Crippen molar-refractivity contribution in [2.45, 2.75) is 19.3 Å². The normalized spacial score (nSPS) is 19.1. The second-order valence-corrected chi connectivity index (χ2v) is 4.55. The van der Waals surface area contributed by atoms with Crippen LogP contribution in [0.5, 0.6) is 0 Å². The highest BCUT2D eigenvalue weighted by atomic mass is 15.4. The van der Waals surface area contributed by atoms with Gasteiger partial charge >= 0.3 is 0 Å². The predicted molar refractivity (Wildman–Crippen MR) is 72.0 cm³/mol. The van der Waals surface area contributed by atoms with Gasteiger partial charge in [0.15, 0.2) is 0 Å². The smallest absolute Gasteiger partial charge is 0.148 e. The van der Waals surface area contributed by atoms with E-state index in [-0.39, 0.29) is 0 Å². The fourth-order valence-electron chi connectivity index (χ4n) is 2.36. The molecule has 2 aliphatic rings. The average Bonchev–Trinajstić information content (AvgIpc) is 2.62. The molecule has 0 unspecified atom stereocenters. The molecule has 3 heteroatoms. The van der Waals surface area contributed by atoms with Crippen LogP contribution in [0, 0.1) is 0 Å². The molecule has 1 aromatic carbocycles. The molecule has 2 aliphatic heterocycles. The van der Waals surface area contributed by atoms with Crippen LogP contribution in [-0.2, 0) is 0 Å². The van der Waals surface area contributed by atoms with Crippen molar-refractivity contribution in [3.05, 3.63) is 35.9 Å². The SMILES string of the molecule is C1=Cc2ccccc2NN=C1N1CCCCC1. The molecular formula is C14H17N3. The van der Waals surface area contributed by atoms with Crippen LogP contribution in [0.2, 0.25) is 0 Å². The van der Waals surface area contributed by atoms with Crippen LogP contribution in [0.4, 0.5) is 5.69 Å². The van der Waals surface area contributed by atoms with E-state index in [0.29, 0.717) is 0 Å². The number of hydrazone groups is 1. The van der Waals surface area contributed by atoms with E-state index in [0.717, 1.165) is 24.6 Å². The Morgan fingerprint density at radius 3 is 2.71 bits per heavy atom. The number of amidine groups is 1. The number of fused-ring (bicyclic) bond motifs is 1. The maximum absolute atomic E-state index is 4.49. The predicted octanol–water partition coefficient (Wildman–Crippen LogP) is 2.92. The maximum Gasteiger partial charge on any atom is 0.148 e. The molecule has 1 saturated heterocycles. The molecule has 88 valence electrons. The quantitative estimate of drug-likeness (QED) is 0.738. The number of benzene rings is 1. The lowest BCUT2D eigenvalue weighted by molar-refractivity contribution is 0.343. The van der Waals surface area contributed by atoms with Gasteiger partial charge in [0.05, 0.1) is 5.69 Å². The monoisotopic (exact) mass is 227 g/mol. The Kier molecular flexibility index (Phi) is 2.82. The van der Waals surface area contributed by atoms with Crippen molar-refractivity contribution in [3.63, 3.8) is 0 Å². The zero-order valence-electron chi connectivity index (χ0n) is 9.89. The van der Waals surface area contributed by atoms with Gasteiger partial charge in [-0.05, 0) is 43.0 Å². The standard InChI is InChI=1S/C14H17N3/c1-4-10-17(11-5-1)14-9-8-12-6-2-3-7-13(12)15-16-14/h2-3,6-9,15H,1,4-5,10-11H2. The number of hydrogen-bond donors (Lipinski definition) is 1. The first-order chi connectivity index (χ1) is 8.43. The third-order valence-corrected chi connectivity index (χ3v) is 3.34. The van der Waals surface area contributed by atoms with Crippen LogP contribution in [-0.4, -0.2) is 23.8 Å². The molecule has 0 saturated carbocycles. The number of nitrogens with zero attached hydrogens (tertiary/aromatic N) is 2. The number of para-hydroxylation sites is 1. The third kappa shape index (κ3) is 2.18. The Morgan fingerprint density at radius 1 is 1.00 bits per heavy atom. The molecule has 1 N–H and O–H groups in total. The van der Waals surface area contributed by atoms with Gasteiger partial charge in [-0.25, -0.2) is 0 Å². The van der Waals surface area contributed by atoms with E-state index < -0.39 is 0 Å². The summed E-state index contributed by atoms with van der Waals surface area (Å²) in [4.78, 5) is 2.36. The largest absolute Gasteiger partial charge is 0.355 e. The maximum atomic E-state index is 4.49. The number of hydrogen-bond acceptors (Lipinski definition) is 3. The van der Waals surface area contributed by atoms with Crippen LogP contribution >= 0.6 is 0 Å². The molecule has 0 bridgehead atoms. The van der Waals surface area contributed by atoms with Crippen molar-refractivity contribution in [2.24, 2.45) is 5.10 Å². The average molecular weight is 227 g/mol. The highest BCUT2D eigenvalue weighted by Crippen LogP contribution is 2.20. The van der Waals surface area contributed by atoms with Gasteiger partial charge in [0.1, 0.15) is 5.84 Å². The Bertz CT molecular complexity index is 456. The molecular weight excluding hydrogens is 210 g/mol. The van der Waals surface area contributed by atoms with Gasteiger partial charge in [0.2, 0.25) is 0 Å². The van der Waals surface area contributed by atoms with Gasteiger partial charge in [-0.1, -0.05) is 18.2 Å². The molecule has 0 aliphatic carbocycles. The molecule has 0 aromatic heterocycles. The third-order valence-electron chi connectivity index (χ3n) is 3.34. The summed E-state index contributed by atoms with van der Waals surface area (Å²) in [5.74, 6) is 1.06. The lowest BCUT2D eigenvalue weighted by Gasteiger charge is -2.27. The van der Waals surface area contributed by atoms with Gasteiger partial charge in [-0.15, -0.1) is 0 Å². The van der Waals surface area contributed by atoms with E-state index >= 15 is 0 Å². The molecule has 3 nitrogen and oxygen atoms in total. The summed E-state index contributed by atoms with van der Waals surface area (Å²) in [6.45, 7) is 2.25. The first-order valence-corrected chi connectivity index (χ1v) is 6.29. The number of piperidine rings is 1. The zero-order chi connectivity index (χ0) is 11.5. The number of likely N-dealkylation sites (tertiary alicyclic amines) is 1. The van der Waals surface area contributed by atoms with Crippen molar-refractivity contribution >= 4 is 17.6 Å². The van der Waals surface area contributed by atoms with Crippen LogP contribution in [0.25, 0.3) is 6.08 Å². The van der Waals surface area contributed by atoms with Crippen molar-refractivity contribution in [1.82, 2.24) is 4.90 Å². The summed E-state index contributed by atoms with van der Waals surface area (Å²) in [6, 6.07) is 8.24. The van der Waals surface area contributed by atoms with Crippen molar-refractivity contribution in [2.75, 3.05) is 18.5 Å². The minimum atomic E-state index is 1.06. The molecule has 17 heavy (non-hydrogen) atoms. The summed E-state index contributed by atoms with van der Waals surface area (Å²) < 4.78 is 0. The minimum absolute atomic E-state index is 1.06. The van der Waals surface area contributed by atoms with Crippen molar-refractivity contribution in [3.8, 4) is 0 Å². The first kappa shape index (κ1) is 10.4. The van der Waals surface area contributed by atoms with Gasteiger partial charge in [0, 0.05) is 13.1 Å². The zero-order valence-corrected chi connectivity index (χ0v) is 9.89. The van der Waals surface area contributed by atoms with Gasteiger partial charge < -0.3 is 4.90 Å². The van der Waals surface area contributed by atoms with E-state index in [1.807, 2.05) is 6.07 Å². The van der Waals surface area contributed by atoms with Gasteiger partial charge in [0.25, 0.3) is 0 Å². The Balaban J connectivity index is 1.83. The summed E-state index contributed by atoms with van der Waals surface area (Å²) in [7, 11) is 0. The second kappa shape index (κ2) is 4.62. The van der Waals surface area contributed by atoms with Crippen LogP contribution in [0.3, 0.4) is 0 Å². The topological polar surface area (TPSA) is 27.6 Å². The summed E-state index contributed by atoms with van der Waals surface area (Å²) in [5, 5.41) is 4.49. The summed E-state index contributed by atoms with van der Waals surface area (Å²) in [5.41, 5.74) is 5.43. The van der Waals surface area contributed by atoms with E-state index in [9.17, 15) is 0 Å². The van der Waals surface area contributed by atoms with Crippen LogP contribution in [0.1, 0.15) is 24.8 Å². The lowest BCUT2D eigenvalue weighted by atomic mass is 10.1. The first-order valence-electron chi connectivity index (χ1n) is 6.29. The molecule has 1 aromatic rings. The van der Waals surface area contributed by atoms with Crippen molar-refractivity contribution in [1.29, 1.82) is 0 Å². The Morgan fingerprint density at radius 2 is 1.82 bits per heavy atom. The van der Waals surface area contributed by atoms with Crippen LogP contribution < -0.4 is 5.43 Å². The van der Waals surface area contributed by atoms with E-state index in [1.165, 1.54) is 24.8 Å². The fraction of sp³-hybridized carbons (Fsp3) is 0.357. The highest BCUT2D eigenvalue weighted by molar-refractivity contribution is 5.98. The summed E-state index contributed by atoms with van der Waals surface area (Å²) >= 11 is 0. The molecule has 0 radical (unpaired) electrons. The number of rotatable bonds is 0. The Labute approximate surface area is 102 Å². The molecule has 2 heterocycles.